The lowest BCUT2D eigenvalue weighted by Gasteiger charge is -2.22. The Balaban J connectivity index is 2.40. The minimum absolute atomic E-state index is 0.0998. The van der Waals surface area contributed by atoms with Crippen LogP contribution in [0.3, 0.4) is 0 Å². The molecule has 0 radical (unpaired) electrons. The Morgan fingerprint density at radius 1 is 1.41 bits per heavy atom. The van der Waals surface area contributed by atoms with Crippen LogP contribution in [-0.2, 0) is 5.41 Å². The zero-order chi connectivity index (χ0) is 12.6. The van der Waals surface area contributed by atoms with Crippen LogP contribution in [0, 0.1) is 0 Å². The molecule has 0 aromatic heterocycles. The zero-order valence-electron chi connectivity index (χ0n) is 9.29. The lowest BCUT2D eigenvalue weighted by Crippen LogP contribution is -2.23. The second-order valence-electron chi connectivity index (χ2n) is 4.35. The predicted octanol–water partition coefficient (Wildman–Crippen LogP) is 3.35. The topological polar surface area (TPSA) is 29.5 Å². The van der Waals surface area contributed by atoms with Gasteiger partial charge in [0.15, 0.2) is 0 Å². The Bertz CT molecular complexity index is 417. The molecule has 1 unspecified atom stereocenters. The molecule has 17 heavy (non-hydrogen) atoms. The van der Waals surface area contributed by atoms with E-state index >= 15 is 0 Å². The first-order chi connectivity index (χ1) is 7.95. The maximum atomic E-state index is 12.3. The van der Waals surface area contributed by atoms with Gasteiger partial charge in [0.1, 0.15) is 5.75 Å². The molecular weight excluding hydrogens is 250 g/mol. The summed E-state index contributed by atoms with van der Waals surface area (Å²) in [5.41, 5.74) is 0.0927. The predicted molar refractivity (Wildman–Crippen MR) is 60.7 cm³/mol. The number of halogens is 3. The molecule has 1 aliphatic rings. The number of ether oxygens (including phenoxy) is 1. The molecular formula is C12H13ClF2O2. The van der Waals surface area contributed by atoms with Gasteiger partial charge in [-0.15, -0.1) is 0 Å². The molecule has 0 bridgehead atoms. The van der Waals surface area contributed by atoms with E-state index in [0.717, 1.165) is 12.8 Å². The molecule has 0 aliphatic heterocycles. The number of aliphatic hydroxyl groups excluding tert-OH is 1. The molecule has 1 aliphatic carbocycles. The van der Waals surface area contributed by atoms with Gasteiger partial charge in [-0.05, 0) is 38.0 Å². The molecule has 0 spiro atoms. The lowest BCUT2D eigenvalue weighted by atomic mass is 9.90. The van der Waals surface area contributed by atoms with Crippen molar-refractivity contribution < 1.29 is 18.6 Å². The molecule has 0 amide bonds. The van der Waals surface area contributed by atoms with Crippen LogP contribution >= 0.6 is 11.6 Å². The molecule has 2 rings (SSSR count). The molecule has 1 saturated carbocycles. The van der Waals surface area contributed by atoms with Crippen molar-refractivity contribution in [2.75, 3.05) is 0 Å². The van der Waals surface area contributed by atoms with Gasteiger partial charge in [-0.3, -0.25) is 0 Å². The monoisotopic (exact) mass is 262 g/mol. The molecule has 0 saturated heterocycles. The number of aliphatic hydroxyl groups is 1. The summed E-state index contributed by atoms with van der Waals surface area (Å²) in [6, 6.07) is 4.52. The summed E-state index contributed by atoms with van der Waals surface area (Å²) in [6.07, 6.45) is 0.899. The Kier molecular flexibility index (Phi) is 3.27. The van der Waals surface area contributed by atoms with E-state index in [1.807, 2.05) is 0 Å². The van der Waals surface area contributed by atoms with Crippen molar-refractivity contribution in [3.8, 4) is 5.75 Å². The molecule has 1 N–H and O–H groups in total. The van der Waals surface area contributed by atoms with Gasteiger partial charge in [-0.2, -0.15) is 8.78 Å². The maximum Gasteiger partial charge on any atom is 0.387 e. The first kappa shape index (κ1) is 12.6. The fourth-order valence-electron chi connectivity index (χ4n) is 2.14. The van der Waals surface area contributed by atoms with Crippen LogP contribution < -0.4 is 4.74 Å². The Morgan fingerprint density at radius 2 is 2.06 bits per heavy atom. The number of rotatable bonds is 4. The molecule has 1 aromatic rings. The van der Waals surface area contributed by atoms with Gasteiger partial charge in [0, 0.05) is 16.0 Å². The van der Waals surface area contributed by atoms with E-state index in [0.29, 0.717) is 10.6 Å². The summed E-state index contributed by atoms with van der Waals surface area (Å²) in [5.74, 6) is 0.0998. The largest absolute Gasteiger partial charge is 0.435 e. The second-order valence-corrected chi connectivity index (χ2v) is 4.79. The zero-order valence-corrected chi connectivity index (χ0v) is 10.0. The van der Waals surface area contributed by atoms with Crippen LogP contribution in [0.4, 0.5) is 8.78 Å². The van der Waals surface area contributed by atoms with Crippen LogP contribution in [0.15, 0.2) is 18.2 Å². The standard InChI is InChI=1S/C12H13ClF2O2/c1-7(16)12(4-5-12)9-6-8(13)2-3-10(9)17-11(14)15/h2-3,6-7,11,16H,4-5H2,1H3. The van der Waals surface area contributed by atoms with Gasteiger partial charge in [-0.1, -0.05) is 11.6 Å². The van der Waals surface area contributed by atoms with E-state index in [4.69, 9.17) is 11.6 Å². The highest BCUT2D eigenvalue weighted by molar-refractivity contribution is 6.30. The van der Waals surface area contributed by atoms with E-state index in [2.05, 4.69) is 4.74 Å². The minimum Gasteiger partial charge on any atom is -0.435 e. The highest BCUT2D eigenvalue weighted by Gasteiger charge is 2.50. The number of alkyl halides is 2. The summed E-state index contributed by atoms with van der Waals surface area (Å²) in [5, 5.41) is 10.2. The van der Waals surface area contributed by atoms with Crippen LogP contribution in [-0.4, -0.2) is 17.8 Å². The van der Waals surface area contributed by atoms with Crippen LogP contribution in [0.5, 0.6) is 5.75 Å². The fourth-order valence-corrected chi connectivity index (χ4v) is 2.31. The van der Waals surface area contributed by atoms with Crippen LogP contribution in [0.25, 0.3) is 0 Å². The third-order valence-corrected chi connectivity index (χ3v) is 3.52. The van der Waals surface area contributed by atoms with E-state index in [1.54, 1.807) is 13.0 Å². The quantitative estimate of drug-likeness (QED) is 0.902. The van der Waals surface area contributed by atoms with Crippen molar-refractivity contribution in [3.05, 3.63) is 28.8 Å². The Labute approximate surface area is 103 Å². The maximum absolute atomic E-state index is 12.3. The van der Waals surface area contributed by atoms with Gasteiger partial charge in [0.05, 0.1) is 6.10 Å². The first-order valence-electron chi connectivity index (χ1n) is 5.38. The summed E-state index contributed by atoms with van der Waals surface area (Å²) >= 11 is 5.87. The van der Waals surface area contributed by atoms with Gasteiger partial charge in [-0.25, -0.2) is 0 Å². The summed E-state index contributed by atoms with van der Waals surface area (Å²) < 4.78 is 29.1. The molecule has 0 heterocycles. The summed E-state index contributed by atoms with van der Waals surface area (Å²) in [7, 11) is 0. The van der Waals surface area contributed by atoms with E-state index in [-0.39, 0.29) is 5.75 Å². The van der Waals surface area contributed by atoms with Gasteiger partial charge >= 0.3 is 6.61 Å². The third kappa shape index (κ3) is 2.38. The molecule has 5 heteroatoms. The molecule has 1 aromatic carbocycles. The Hall–Kier alpha value is -0.870. The van der Waals surface area contributed by atoms with Crippen molar-refractivity contribution in [2.45, 2.75) is 37.9 Å². The fraction of sp³-hybridized carbons (Fsp3) is 0.500. The third-order valence-electron chi connectivity index (χ3n) is 3.28. The number of hydrogen-bond donors (Lipinski definition) is 1. The van der Waals surface area contributed by atoms with Crippen LogP contribution in [0.2, 0.25) is 5.02 Å². The van der Waals surface area contributed by atoms with Crippen molar-refractivity contribution in [1.29, 1.82) is 0 Å². The van der Waals surface area contributed by atoms with E-state index in [1.165, 1.54) is 12.1 Å². The van der Waals surface area contributed by atoms with Crippen molar-refractivity contribution in [3.63, 3.8) is 0 Å². The summed E-state index contributed by atoms with van der Waals surface area (Å²) in [6.45, 7) is -1.22. The lowest BCUT2D eigenvalue weighted by molar-refractivity contribution is -0.0511. The SMILES string of the molecule is CC(O)C1(c2cc(Cl)ccc2OC(F)F)CC1. The average Bonchev–Trinajstić information content (AvgIpc) is 3.01. The molecule has 94 valence electrons. The Morgan fingerprint density at radius 3 is 2.53 bits per heavy atom. The minimum atomic E-state index is -2.88. The van der Waals surface area contributed by atoms with Crippen LogP contribution in [0.1, 0.15) is 25.3 Å². The van der Waals surface area contributed by atoms with Crippen molar-refractivity contribution in [1.82, 2.24) is 0 Å². The van der Waals surface area contributed by atoms with Gasteiger partial charge in [0.2, 0.25) is 0 Å². The van der Waals surface area contributed by atoms with E-state index in [9.17, 15) is 13.9 Å². The molecule has 1 atom stereocenters. The summed E-state index contributed by atoms with van der Waals surface area (Å²) in [4.78, 5) is 0. The number of benzene rings is 1. The average molecular weight is 263 g/mol. The second kappa shape index (κ2) is 4.42. The highest BCUT2D eigenvalue weighted by atomic mass is 35.5. The normalized spacial score (nSPS) is 19.2. The van der Waals surface area contributed by atoms with Gasteiger partial charge < -0.3 is 9.84 Å². The van der Waals surface area contributed by atoms with Crippen molar-refractivity contribution in [2.24, 2.45) is 0 Å². The molecule has 2 nitrogen and oxygen atoms in total. The molecule has 1 fully saturated rings. The highest BCUT2D eigenvalue weighted by Crippen LogP contribution is 2.54. The first-order valence-corrected chi connectivity index (χ1v) is 5.76. The van der Waals surface area contributed by atoms with Crippen molar-refractivity contribution >= 4 is 11.6 Å². The van der Waals surface area contributed by atoms with Gasteiger partial charge in [0.25, 0.3) is 0 Å². The smallest absolute Gasteiger partial charge is 0.387 e. The van der Waals surface area contributed by atoms with E-state index < -0.39 is 18.1 Å². The number of hydrogen-bond acceptors (Lipinski definition) is 2.